The second-order valence-electron chi connectivity index (χ2n) is 8.58. The maximum atomic E-state index is 15.3. The van der Waals surface area contributed by atoms with E-state index >= 15 is 4.39 Å². The number of halogens is 1. The predicted molar refractivity (Wildman–Crippen MR) is 129 cm³/mol. The summed E-state index contributed by atoms with van der Waals surface area (Å²) in [4.78, 5) is 30.3. The average Bonchev–Trinajstić information content (AvgIpc) is 2.78. The fourth-order valence-corrected chi connectivity index (χ4v) is 5.86. The molecular formula is C25H26FN3O3S. The number of rotatable bonds is 4. The molecular weight excluding hydrogens is 441 g/mol. The smallest absolute Gasteiger partial charge is 0.344 e. The van der Waals surface area contributed by atoms with Crippen molar-refractivity contribution >= 4 is 34.3 Å². The van der Waals surface area contributed by atoms with Gasteiger partial charge in [-0.1, -0.05) is 42.1 Å². The van der Waals surface area contributed by atoms with Crippen LogP contribution in [0.1, 0.15) is 35.1 Å². The second-order valence-corrected chi connectivity index (χ2v) is 9.65. The SMILES string of the molecule is CCOC(=O)c1c2n(c3cc(N4CCN(C)C(C)C4)c(F)cc3c1=O)C(c1ccccc1)S2. The van der Waals surface area contributed by atoms with E-state index in [-0.39, 0.29) is 22.9 Å². The number of hydrogen-bond donors (Lipinski definition) is 0. The fourth-order valence-electron chi connectivity index (χ4n) is 4.58. The molecule has 5 rings (SSSR count). The molecule has 0 aliphatic carbocycles. The minimum atomic E-state index is -0.662. The van der Waals surface area contributed by atoms with Crippen LogP contribution in [-0.4, -0.2) is 54.8 Å². The molecule has 1 aromatic heterocycles. The van der Waals surface area contributed by atoms with Crippen molar-refractivity contribution in [3.63, 3.8) is 0 Å². The number of hydrogen-bond acceptors (Lipinski definition) is 6. The number of carbonyl (C=O) groups excluding carboxylic acids is 1. The van der Waals surface area contributed by atoms with Crippen molar-refractivity contribution in [2.45, 2.75) is 30.3 Å². The molecule has 8 heteroatoms. The molecule has 1 saturated heterocycles. The van der Waals surface area contributed by atoms with E-state index in [1.165, 1.54) is 17.8 Å². The minimum Gasteiger partial charge on any atom is -0.462 e. The number of likely N-dealkylation sites (N-methyl/N-ethyl adjacent to an activating group) is 1. The van der Waals surface area contributed by atoms with Gasteiger partial charge in [0.1, 0.15) is 16.8 Å². The van der Waals surface area contributed by atoms with E-state index in [4.69, 9.17) is 4.74 Å². The Morgan fingerprint density at radius 3 is 2.67 bits per heavy atom. The molecule has 3 aromatic rings. The molecule has 2 atom stereocenters. The lowest BCUT2D eigenvalue weighted by Gasteiger charge is -2.40. The summed E-state index contributed by atoms with van der Waals surface area (Å²) >= 11 is 1.46. The molecule has 0 spiro atoms. The third-order valence-corrected chi connectivity index (χ3v) is 7.88. The van der Waals surface area contributed by atoms with Gasteiger partial charge in [0.05, 0.1) is 22.8 Å². The van der Waals surface area contributed by atoms with Gasteiger partial charge in [-0.3, -0.25) is 4.79 Å². The van der Waals surface area contributed by atoms with E-state index in [0.717, 1.165) is 12.1 Å². The largest absolute Gasteiger partial charge is 0.462 e. The number of benzene rings is 2. The van der Waals surface area contributed by atoms with Gasteiger partial charge >= 0.3 is 5.97 Å². The van der Waals surface area contributed by atoms with Gasteiger partial charge in [-0.15, -0.1) is 0 Å². The van der Waals surface area contributed by atoms with Crippen LogP contribution >= 0.6 is 11.8 Å². The quantitative estimate of drug-likeness (QED) is 0.539. The summed E-state index contributed by atoms with van der Waals surface area (Å²) in [5.74, 6) is -1.11. The molecule has 6 nitrogen and oxygen atoms in total. The van der Waals surface area contributed by atoms with E-state index < -0.39 is 17.2 Å². The van der Waals surface area contributed by atoms with Crippen LogP contribution < -0.4 is 10.3 Å². The van der Waals surface area contributed by atoms with Crippen molar-refractivity contribution in [2.75, 3.05) is 38.2 Å². The zero-order valence-electron chi connectivity index (χ0n) is 18.9. The third-order valence-electron chi connectivity index (χ3n) is 6.55. The first-order valence-electron chi connectivity index (χ1n) is 11.2. The molecule has 0 radical (unpaired) electrons. The lowest BCUT2D eigenvalue weighted by atomic mass is 10.1. The topological polar surface area (TPSA) is 54.8 Å². The highest BCUT2D eigenvalue weighted by Gasteiger charge is 2.37. The number of esters is 1. The summed E-state index contributed by atoms with van der Waals surface area (Å²) in [7, 11) is 2.07. The number of anilines is 1. The number of piperazine rings is 1. The molecule has 2 aromatic carbocycles. The van der Waals surface area contributed by atoms with Crippen molar-refractivity contribution in [2.24, 2.45) is 0 Å². The Morgan fingerprint density at radius 1 is 1.21 bits per heavy atom. The van der Waals surface area contributed by atoms with Gasteiger partial charge in [-0.05, 0) is 38.6 Å². The first-order chi connectivity index (χ1) is 15.9. The fraction of sp³-hybridized carbons (Fsp3) is 0.360. The van der Waals surface area contributed by atoms with Gasteiger partial charge in [0.15, 0.2) is 0 Å². The van der Waals surface area contributed by atoms with Gasteiger partial charge in [-0.2, -0.15) is 0 Å². The number of aromatic nitrogens is 1. The highest BCUT2D eigenvalue weighted by Crippen LogP contribution is 2.50. The molecule has 33 heavy (non-hydrogen) atoms. The van der Waals surface area contributed by atoms with Crippen LogP contribution in [0.2, 0.25) is 0 Å². The Hall–Kier alpha value is -2.84. The molecule has 0 amide bonds. The summed E-state index contributed by atoms with van der Waals surface area (Å²) < 4.78 is 22.5. The standard InChI is InChI=1S/C25H26FN3O3S/c1-4-32-25(31)21-22(30)17-12-18(26)20(28-11-10-27(3)15(2)14-28)13-19(17)29-23(33-24(21)29)16-8-6-5-7-9-16/h5-9,12-13,15,23H,4,10-11,14H2,1-3H3. The first-order valence-corrected chi connectivity index (χ1v) is 12.0. The van der Waals surface area contributed by atoms with Crippen LogP contribution in [0.3, 0.4) is 0 Å². The average molecular weight is 468 g/mol. The van der Waals surface area contributed by atoms with Crippen molar-refractivity contribution in [3.05, 3.63) is 69.6 Å². The minimum absolute atomic E-state index is 0.0121. The van der Waals surface area contributed by atoms with Crippen molar-refractivity contribution < 1.29 is 13.9 Å². The lowest BCUT2D eigenvalue weighted by molar-refractivity contribution is 0.0518. The Kier molecular flexibility index (Phi) is 5.66. The number of nitrogens with zero attached hydrogens (tertiary/aromatic N) is 3. The van der Waals surface area contributed by atoms with Crippen molar-refractivity contribution in [1.82, 2.24) is 9.47 Å². The molecule has 2 aliphatic rings. The van der Waals surface area contributed by atoms with E-state index in [2.05, 4.69) is 18.9 Å². The van der Waals surface area contributed by atoms with Gasteiger partial charge in [-0.25, -0.2) is 9.18 Å². The maximum absolute atomic E-state index is 15.3. The molecule has 2 unspecified atom stereocenters. The van der Waals surface area contributed by atoms with Crippen molar-refractivity contribution in [1.29, 1.82) is 0 Å². The summed E-state index contributed by atoms with van der Waals surface area (Å²) in [5.41, 5.74) is 1.68. The van der Waals surface area contributed by atoms with Crippen LogP contribution in [0.5, 0.6) is 0 Å². The Balaban J connectivity index is 1.71. The van der Waals surface area contributed by atoms with Crippen LogP contribution in [0.4, 0.5) is 10.1 Å². The van der Waals surface area contributed by atoms with Crippen LogP contribution in [0.25, 0.3) is 10.9 Å². The third kappa shape index (κ3) is 3.61. The predicted octanol–water partition coefficient (Wildman–Crippen LogP) is 4.11. The summed E-state index contributed by atoms with van der Waals surface area (Å²) in [6.07, 6.45) is 0. The maximum Gasteiger partial charge on any atom is 0.344 e. The Bertz CT molecular complexity index is 1290. The molecule has 172 valence electrons. The zero-order valence-corrected chi connectivity index (χ0v) is 19.7. The molecule has 3 heterocycles. The molecule has 2 aliphatic heterocycles. The number of ether oxygens (including phenoxy) is 1. The van der Waals surface area contributed by atoms with Crippen LogP contribution in [0.15, 0.2) is 52.3 Å². The highest BCUT2D eigenvalue weighted by molar-refractivity contribution is 8.00. The van der Waals surface area contributed by atoms with Gasteiger partial charge in [0.25, 0.3) is 0 Å². The monoisotopic (exact) mass is 467 g/mol. The summed E-state index contributed by atoms with van der Waals surface area (Å²) in [5, 5.41) is 0.665. The van der Waals surface area contributed by atoms with E-state index in [9.17, 15) is 9.59 Å². The number of carbonyl (C=O) groups is 1. The first kappa shape index (κ1) is 22.0. The Labute approximate surface area is 195 Å². The molecule has 0 bridgehead atoms. The second kappa shape index (κ2) is 8.50. The molecule has 0 saturated carbocycles. The van der Waals surface area contributed by atoms with Gasteiger partial charge in [0.2, 0.25) is 5.43 Å². The number of thioether (sulfide) groups is 1. The summed E-state index contributed by atoms with van der Waals surface area (Å²) in [6.45, 7) is 6.23. The zero-order chi connectivity index (χ0) is 23.3. The summed E-state index contributed by atoms with van der Waals surface area (Å²) in [6, 6.07) is 13.3. The van der Waals surface area contributed by atoms with E-state index in [1.54, 1.807) is 13.0 Å². The molecule has 1 fully saturated rings. The highest BCUT2D eigenvalue weighted by atomic mass is 32.2. The molecule has 0 N–H and O–H groups in total. The number of pyridine rings is 1. The van der Waals surface area contributed by atoms with Crippen molar-refractivity contribution in [3.8, 4) is 0 Å². The van der Waals surface area contributed by atoms with Crippen LogP contribution in [-0.2, 0) is 4.74 Å². The van der Waals surface area contributed by atoms with E-state index in [0.29, 0.717) is 35.4 Å². The van der Waals surface area contributed by atoms with E-state index in [1.807, 2.05) is 39.8 Å². The lowest BCUT2D eigenvalue weighted by Crippen LogP contribution is -2.50. The van der Waals surface area contributed by atoms with Crippen LogP contribution in [0, 0.1) is 5.82 Å². The van der Waals surface area contributed by atoms with Gasteiger partial charge < -0.3 is 19.1 Å². The van der Waals surface area contributed by atoms with Gasteiger partial charge in [0, 0.05) is 31.1 Å². The normalized spacial score (nSPS) is 20.4. The Morgan fingerprint density at radius 2 is 1.97 bits per heavy atom. The number of fused-ring (bicyclic) bond motifs is 3.